The number of anilines is 1. The first-order valence-corrected chi connectivity index (χ1v) is 5.40. The molecule has 0 spiro atoms. The van der Waals surface area contributed by atoms with Gasteiger partial charge in [0.2, 0.25) is 0 Å². The fraction of sp³-hybridized carbons (Fsp3) is 0.0769. The monoisotopic (exact) mass is 233 g/mol. The van der Waals surface area contributed by atoms with Gasteiger partial charge in [0.15, 0.2) is 0 Å². The predicted molar refractivity (Wildman–Crippen MR) is 66.9 cm³/mol. The van der Waals surface area contributed by atoms with Crippen LogP contribution in [0.1, 0.15) is 5.56 Å². The van der Waals surface area contributed by atoms with Gasteiger partial charge in [-0.25, -0.2) is 0 Å². The fourth-order valence-electron chi connectivity index (χ4n) is 1.46. The first kappa shape index (κ1) is 10.8. The van der Waals surface area contributed by atoms with Crippen molar-refractivity contribution in [2.45, 2.75) is 6.54 Å². The summed E-state index contributed by atoms with van der Waals surface area (Å²) < 4.78 is 0. The highest BCUT2D eigenvalue weighted by Crippen LogP contribution is 2.19. The molecule has 82 valence electrons. The molecule has 16 heavy (non-hydrogen) atoms. The summed E-state index contributed by atoms with van der Waals surface area (Å²) >= 11 is 5.87. The van der Waals surface area contributed by atoms with E-state index in [-0.39, 0.29) is 0 Å². The highest BCUT2D eigenvalue weighted by atomic mass is 35.5. The van der Waals surface area contributed by atoms with Crippen LogP contribution in [-0.4, -0.2) is 5.11 Å². The van der Waals surface area contributed by atoms with E-state index in [1.807, 2.05) is 36.4 Å². The van der Waals surface area contributed by atoms with Gasteiger partial charge < -0.3 is 10.4 Å². The molecule has 0 saturated heterocycles. The van der Waals surface area contributed by atoms with E-state index in [2.05, 4.69) is 5.32 Å². The van der Waals surface area contributed by atoms with Gasteiger partial charge in [-0.15, -0.1) is 0 Å². The Morgan fingerprint density at radius 1 is 1.06 bits per heavy atom. The quantitative estimate of drug-likeness (QED) is 0.848. The van der Waals surface area contributed by atoms with Crippen LogP contribution in [0, 0.1) is 0 Å². The Bertz CT molecular complexity index is 485. The Morgan fingerprint density at radius 2 is 1.88 bits per heavy atom. The zero-order chi connectivity index (χ0) is 11.4. The number of phenols is 1. The van der Waals surface area contributed by atoms with Gasteiger partial charge in [-0.1, -0.05) is 35.9 Å². The molecule has 0 radical (unpaired) electrons. The molecular formula is C13H12ClNO. The number of nitrogens with one attached hydrogen (secondary N) is 1. The van der Waals surface area contributed by atoms with Gasteiger partial charge in [0.1, 0.15) is 5.75 Å². The van der Waals surface area contributed by atoms with Crippen molar-refractivity contribution < 1.29 is 5.11 Å². The van der Waals surface area contributed by atoms with Crippen molar-refractivity contribution >= 4 is 17.3 Å². The molecule has 0 aromatic heterocycles. The lowest BCUT2D eigenvalue weighted by Gasteiger charge is -2.08. The molecule has 0 aliphatic heterocycles. The van der Waals surface area contributed by atoms with Crippen LogP contribution < -0.4 is 5.32 Å². The molecule has 0 atom stereocenters. The third-order valence-electron chi connectivity index (χ3n) is 2.30. The van der Waals surface area contributed by atoms with E-state index in [0.29, 0.717) is 17.3 Å². The minimum absolute atomic E-state index is 0.303. The first-order valence-electron chi connectivity index (χ1n) is 5.02. The summed E-state index contributed by atoms with van der Waals surface area (Å²) in [5, 5.41) is 13.5. The number of hydrogen-bond acceptors (Lipinski definition) is 2. The second-order valence-corrected chi connectivity index (χ2v) is 3.93. The molecule has 0 fully saturated rings. The third kappa shape index (κ3) is 2.67. The van der Waals surface area contributed by atoms with Gasteiger partial charge in [-0.05, 0) is 24.3 Å². The molecule has 0 unspecified atom stereocenters. The number of halogens is 1. The van der Waals surface area contributed by atoms with E-state index in [1.54, 1.807) is 12.1 Å². The van der Waals surface area contributed by atoms with Crippen LogP contribution in [-0.2, 0) is 6.54 Å². The number of phenolic OH excluding ortho intramolecular Hbond substituents is 1. The van der Waals surface area contributed by atoms with Crippen LogP contribution in [0.25, 0.3) is 0 Å². The van der Waals surface area contributed by atoms with E-state index < -0.39 is 0 Å². The topological polar surface area (TPSA) is 32.3 Å². The summed E-state index contributed by atoms with van der Waals surface area (Å²) in [4.78, 5) is 0. The standard InChI is InChI=1S/C13H12ClNO/c14-11-5-3-6-12(8-11)15-9-10-4-1-2-7-13(10)16/h1-8,15-16H,9H2. The van der Waals surface area contributed by atoms with E-state index in [9.17, 15) is 5.11 Å². The van der Waals surface area contributed by atoms with Crippen molar-refractivity contribution in [3.63, 3.8) is 0 Å². The number of aromatic hydroxyl groups is 1. The first-order chi connectivity index (χ1) is 7.75. The fourth-order valence-corrected chi connectivity index (χ4v) is 1.65. The molecule has 0 aliphatic rings. The third-order valence-corrected chi connectivity index (χ3v) is 2.53. The Hall–Kier alpha value is -1.67. The van der Waals surface area contributed by atoms with Crippen molar-refractivity contribution in [1.29, 1.82) is 0 Å². The molecule has 0 amide bonds. The molecule has 2 nitrogen and oxygen atoms in total. The zero-order valence-electron chi connectivity index (χ0n) is 8.65. The summed E-state index contributed by atoms with van der Waals surface area (Å²) in [5.41, 5.74) is 1.80. The number of rotatable bonds is 3. The number of para-hydroxylation sites is 1. The maximum atomic E-state index is 9.58. The van der Waals surface area contributed by atoms with Crippen LogP contribution in [0.15, 0.2) is 48.5 Å². The van der Waals surface area contributed by atoms with Crippen LogP contribution >= 0.6 is 11.6 Å². The lowest BCUT2D eigenvalue weighted by atomic mass is 10.2. The second-order valence-electron chi connectivity index (χ2n) is 3.49. The zero-order valence-corrected chi connectivity index (χ0v) is 9.41. The van der Waals surface area contributed by atoms with Crippen LogP contribution in [0.4, 0.5) is 5.69 Å². The van der Waals surface area contributed by atoms with Gasteiger partial charge in [-0.3, -0.25) is 0 Å². The van der Waals surface area contributed by atoms with E-state index in [4.69, 9.17) is 11.6 Å². The average molecular weight is 234 g/mol. The molecule has 0 aliphatic carbocycles. The van der Waals surface area contributed by atoms with Gasteiger partial charge in [0.05, 0.1) is 0 Å². The van der Waals surface area contributed by atoms with Gasteiger partial charge in [0.25, 0.3) is 0 Å². The number of hydrogen-bond donors (Lipinski definition) is 2. The maximum absolute atomic E-state index is 9.58. The summed E-state index contributed by atoms with van der Waals surface area (Å²) in [6.45, 7) is 0.576. The summed E-state index contributed by atoms with van der Waals surface area (Å²) in [6.07, 6.45) is 0. The molecule has 0 heterocycles. The molecule has 2 aromatic rings. The molecular weight excluding hydrogens is 222 g/mol. The van der Waals surface area contributed by atoms with Crippen LogP contribution in [0.3, 0.4) is 0 Å². The predicted octanol–water partition coefficient (Wildman–Crippen LogP) is 3.66. The normalized spacial score (nSPS) is 10.1. The highest BCUT2D eigenvalue weighted by molar-refractivity contribution is 6.30. The number of benzene rings is 2. The van der Waals surface area contributed by atoms with Crippen molar-refractivity contribution in [2.75, 3.05) is 5.32 Å². The lowest BCUT2D eigenvalue weighted by molar-refractivity contribution is 0.469. The Kier molecular flexibility index (Phi) is 3.32. The minimum Gasteiger partial charge on any atom is -0.508 e. The van der Waals surface area contributed by atoms with Crippen molar-refractivity contribution in [2.24, 2.45) is 0 Å². The molecule has 2 aromatic carbocycles. The summed E-state index contributed by atoms with van der Waals surface area (Å²) in [5.74, 6) is 0.303. The van der Waals surface area contributed by atoms with E-state index in [0.717, 1.165) is 11.3 Å². The molecule has 3 heteroatoms. The van der Waals surface area contributed by atoms with Crippen molar-refractivity contribution in [1.82, 2.24) is 0 Å². The molecule has 0 saturated carbocycles. The SMILES string of the molecule is Oc1ccccc1CNc1cccc(Cl)c1. The van der Waals surface area contributed by atoms with Crippen LogP contribution in [0.2, 0.25) is 5.02 Å². The van der Waals surface area contributed by atoms with Crippen LogP contribution in [0.5, 0.6) is 5.75 Å². The minimum atomic E-state index is 0.303. The maximum Gasteiger partial charge on any atom is 0.120 e. The Morgan fingerprint density at radius 3 is 2.62 bits per heavy atom. The van der Waals surface area contributed by atoms with Gasteiger partial charge in [-0.2, -0.15) is 0 Å². The molecule has 2 N–H and O–H groups in total. The van der Waals surface area contributed by atoms with Gasteiger partial charge >= 0.3 is 0 Å². The second kappa shape index (κ2) is 4.90. The van der Waals surface area contributed by atoms with Crippen molar-refractivity contribution in [3.8, 4) is 5.75 Å². The van der Waals surface area contributed by atoms with Crippen molar-refractivity contribution in [3.05, 3.63) is 59.1 Å². The molecule has 2 rings (SSSR count). The highest BCUT2D eigenvalue weighted by Gasteiger charge is 1.99. The Balaban J connectivity index is 2.05. The van der Waals surface area contributed by atoms with E-state index in [1.165, 1.54) is 0 Å². The van der Waals surface area contributed by atoms with E-state index >= 15 is 0 Å². The smallest absolute Gasteiger partial charge is 0.120 e. The average Bonchev–Trinajstić information content (AvgIpc) is 2.28. The Labute approximate surface area is 99.5 Å². The summed E-state index contributed by atoms with van der Waals surface area (Å²) in [6, 6.07) is 14.8. The largest absolute Gasteiger partial charge is 0.508 e. The summed E-state index contributed by atoms with van der Waals surface area (Å²) in [7, 11) is 0. The lowest BCUT2D eigenvalue weighted by Crippen LogP contribution is -1.99. The van der Waals surface area contributed by atoms with Gasteiger partial charge in [0, 0.05) is 22.8 Å². The molecule has 0 bridgehead atoms.